The monoisotopic (exact) mass is 309 g/mol. The minimum absolute atomic E-state index is 0.391. The molecule has 3 rings (SSSR count). The smallest absolute Gasteiger partial charge is 0.232 e. The zero-order chi connectivity index (χ0) is 14.7. The third kappa shape index (κ3) is 3.45. The molecule has 1 aromatic heterocycles. The molecule has 1 aromatic rings. The van der Waals surface area contributed by atoms with Crippen LogP contribution in [0.5, 0.6) is 0 Å². The molecule has 1 N–H and O–H groups in total. The summed E-state index contributed by atoms with van der Waals surface area (Å²) in [7, 11) is 0. The van der Waals surface area contributed by atoms with Crippen molar-refractivity contribution in [3.63, 3.8) is 0 Å². The van der Waals surface area contributed by atoms with Crippen molar-refractivity contribution < 1.29 is 4.52 Å². The molecule has 4 atom stereocenters. The van der Waals surface area contributed by atoms with E-state index in [9.17, 15) is 0 Å². The molecule has 4 nitrogen and oxygen atoms in total. The van der Waals surface area contributed by atoms with Gasteiger partial charge in [0.05, 0.1) is 5.92 Å². The molecule has 0 spiro atoms. The Kier molecular flexibility index (Phi) is 5.22. The van der Waals surface area contributed by atoms with E-state index in [1.54, 1.807) is 0 Å². The van der Waals surface area contributed by atoms with Crippen LogP contribution in [0.4, 0.5) is 0 Å². The highest BCUT2D eigenvalue weighted by molar-refractivity contribution is 7.99. The van der Waals surface area contributed by atoms with Crippen LogP contribution in [0, 0.1) is 5.92 Å². The highest BCUT2D eigenvalue weighted by Crippen LogP contribution is 2.38. The lowest BCUT2D eigenvalue weighted by atomic mass is 9.80. The lowest BCUT2D eigenvalue weighted by Crippen LogP contribution is -2.34. The van der Waals surface area contributed by atoms with Crippen LogP contribution in [0.3, 0.4) is 0 Å². The second-order valence-electron chi connectivity index (χ2n) is 6.44. The lowest BCUT2D eigenvalue weighted by molar-refractivity contribution is 0.295. The van der Waals surface area contributed by atoms with Crippen LogP contribution >= 0.6 is 11.8 Å². The van der Waals surface area contributed by atoms with Crippen LogP contribution in [-0.2, 0) is 0 Å². The quantitative estimate of drug-likeness (QED) is 0.901. The topological polar surface area (TPSA) is 51.0 Å². The van der Waals surface area contributed by atoms with Gasteiger partial charge < -0.3 is 9.84 Å². The summed E-state index contributed by atoms with van der Waals surface area (Å²) in [6.45, 7) is 5.46. The molecule has 0 bridgehead atoms. The van der Waals surface area contributed by atoms with Gasteiger partial charge in [0.25, 0.3) is 0 Å². The lowest BCUT2D eigenvalue weighted by Gasteiger charge is -2.26. The van der Waals surface area contributed by atoms with Crippen LogP contribution < -0.4 is 5.32 Å². The number of rotatable bonds is 5. The fraction of sp³-hybridized carbons (Fsp3) is 0.875. The fourth-order valence-electron chi connectivity index (χ4n) is 3.72. The Morgan fingerprint density at radius 1 is 1.29 bits per heavy atom. The molecule has 2 heterocycles. The number of thioether (sulfide) groups is 1. The Morgan fingerprint density at radius 2 is 2.19 bits per heavy atom. The largest absolute Gasteiger partial charge is 0.339 e. The van der Waals surface area contributed by atoms with Crippen molar-refractivity contribution in [1.82, 2.24) is 15.5 Å². The third-order valence-corrected chi connectivity index (χ3v) is 6.24. The zero-order valence-electron chi connectivity index (χ0n) is 13.2. The number of likely N-dealkylation sites (N-methyl/N-ethyl adjacent to an activating group) is 1. The average Bonchev–Trinajstić information content (AvgIpc) is 3.16. The predicted molar refractivity (Wildman–Crippen MR) is 86.8 cm³/mol. The minimum atomic E-state index is 0.391. The molecule has 0 aromatic carbocycles. The summed E-state index contributed by atoms with van der Waals surface area (Å²) in [6, 6.07) is 0.489. The SMILES string of the molecule is CCNC1CSCC1c1nc(C2CCCC(CC)C2)no1. The van der Waals surface area contributed by atoms with Crippen molar-refractivity contribution >= 4 is 11.8 Å². The molecule has 118 valence electrons. The van der Waals surface area contributed by atoms with Crippen molar-refractivity contribution in [3.8, 4) is 0 Å². The molecule has 21 heavy (non-hydrogen) atoms. The highest BCUT2D eigenvalue weighted by atomic mass is 32.2. The Balaban J connectivity index is 1.68. The summed E-state index contributed by atoms with van der Waals surface area (Å²) in [5, 5.41) is 7.87. The van der Waals surface area contributed by atoms with Crippen molar-refractivity contribution in [1.29, 1.82) is 0 Å². The summed E-state index contributed by atoms with van der Waals surface area (Å²) in [6.07, 6.45) is 6.44. The maximum atomic E-state index is 5.63. The normalized spacial score (nSPS) is 33.4. The van der Waals surface area contributed by atoms with Gasteiger partial charge in [0, 0.05) is 23.5 Å². The first-order chi connectivity index (χ1) is 10.3. The van der Waals surface area contributed by atoms with E-state index in [0.717, 1.165) is 35.7 Å². The Labute approximate surface area is 131 Å². The number of aromatic nitrogens is 2. The molecule has 0 radical (unpaired) electrons. The van der Waals surface area contributed by atoms with Gasteiger partial charge in [0.2, 0.25) is 5.89 Å². The molecule has 1 aliphatic carbocycles. The van der Waals surface area contributed by atoms with Gasteiger partial charge in [-0.3, -0.25) is 0 Å². The molecule has 0 amide bonds. The third-order valence-electron chi connectivity index (χ3n) is 5.05. The standard InChI is InChI=1S/C16H27N3OS/c1-3-11-6-5-7-12(8-11)15-18-16(20-19-15)13-9-21-10-14(13)17-4-2/h11-14,17H,3-10H2,1-2H3. The van der Waals surface area contributed by atoms with Gasteiger partial charge in [-0.1, -0.05) is 38.3 Å². The van der Waals surface area contributed by atoms with E-state index >= 15 is 0 Å². The van der Waals surface area contributed by atoms with Crippen LogP contribution in [0.15, 0.2) is 4.52 Å². The fourth-order valence-corrected chi connectivity index (χ4v) is 5.09. The second-order valence-corrected chi connectivity index (χ2v) is 7.51. The molecular weight excluding hydrogens is 282 g/mol. The van der Waals surface area contributed by atoms with E-state index < -0.39 is 0 Å². The maximum absolute atomic E-state index is 5.63. The molecule has 1 saturated carbocycles. The summed E-state index contributed by atoms with van der Waals surface area (Å²) in [5.74, 6) is 5.84. The Bertz CT molecular complexity index is 450. The van der Waals surface area contributed by atoms with Crippen LogP contribution in [0.2, 0.25) is 0 Å². The number of nitrogens with zero attached hydrogens (tertiary/aromatic N) is 2. The van der Waals surface area contributed by atoms with E-state index in [2.05, 4.69) is 24.3 Å². The summed E-state index contributed by atoms with van der Waals surface area (Å²) < 4.78 is 5.63. The predicted octanol–water partition coefficient (Wildman–Crippen LogP) is 3.56. The first-order valence-electron chi connectivity index (χ1n) is 8.46. The van der Waals surface area contributed by atoms with Gasteiger partial charge in [0.15, 0.2) is 5.82 Å². The number of nitrogens with one attached hydrogen (secondary N) is 1. The summed E-state index contributed by atoms with van der Waals surface area (Å²) in [5.41, 5.74) is 0. The van der Waals surface area contributed by atoms with Crippen molar-refractivity contribution in [3.05, 3.63) is 11.7 Å². The summed E-state index contributed by atoms with van der Waals surface area (Å²) >= 11 is 1.98. The van der Waals surface area contributed by atoms with Gasteiger partial charge >= 0.3 is 0 Å². The van der Waals surface area contributed by atoms with Gasteiger partial charge in [0.1, 0.15) is 0 Å². The van der Waals surface area contributed by atoms with Crippen LogP contribution in [0.25, 0.3) is 0 Å². The number of hydrogen-bond acceptors (Lipinski definition) is 5. The molecule has 2 fully saturated rings. The van der Waals surface area contributed by atoms with E-state index in [4.69, 9.17) is 9.51 Å². The Hall–Kier alpha value is -0.550. The molecule has 1 aliphatic heterocycles. The van der Waals surface area contributed by atoms with Gasteiger partial charge in [-0.25, -0.2) is 0 Å². The highest BCUT2D eigenvalue weighted by Gasteiger charge is 2.34. The van der Waals surface area contributed by atoms with E-state index in [0.29, 0.717) is 17.9 Å². The van der Waals surface area contributed by atoms with Gasteiger partial charge in [-0.05, 0) is 25.3 Å². The van der Waals surface area contributed by atoms with Crippen LogP contribution in [-0.4, -0.2) is 34.2 Å². The molecule has 1 saturated heterocycles. The second kappa shape index (κ2) is 7.14. The van der Waals surface area contributed by atoms with Crippen molar-refractivity contribution in [2.24, 2.45) is 5.92 Å². The van der Waals surface area contributed by atoms with Crippen molar-refractivity contribution in [2.45, 2.75) is 63.8 Å². The average molecular weight is 309 g/mol. The van der Waals surface area contributed by atoms with E-state index in [1.807, 2.05) is 11.8 Å². The first-order valence-corrected chi connectivity index (χ1v) is 9.61. The molecule has 4 unspecified atom stereocenters. The van der Waals surface area contributed by atoms with Crippen LogP contribution in [0.1, 0.15) is 69.5 Å². The Morgan fingerprint density at radius 3 is 3.00 bits per heavy atom. The van der Waals surface area contributed by atoms with Gasteiger partial charge in [-0.15, -0.1) is 0 Å². The van der Waals surface area contributed by atoms with E-state index in [1.165, 1.54) is 32.1 Å². The molecule has 2 aliphatic rings. The molecule has 5 heteroatoms. The van der Waals surface area contributed by atoms with Crippen molar-refractivity contribution in [2.75, 3.05) is 18.1 Å². The van der Waals surface area contributed by atoms with Gasteiger partial charge in [-0.2, -0.15) is 16.7 Å². The maximum Gasteiger partial charge on any atom is 0.232 e. The zero-order valence-corrected chi connectivity index (χ0v) is 14.0. The van der Waals surface area contributed by atoms with E-state index in [-0.39, 0.29) is 0 Å². The minimum Gasteiger partial charge on any atom is -0.339 e. The first kappa shape index (κ1) is 15.3. The molecular formula is C16H27N3OS. The number of hydrogen-bond donors (Lipinski definition) is 1. The summed E-state index contributed by atoms with van der Waals surface area (Å²) in [4.78, 5) is 4.79.